The predicted octanol–water partition coefficient (Wildman–Crippen LogP) is 8.28. The Morgan fingerprint density at radius 3 is 2.31 bits per heavy atom. The molecule has 0 atom stereocenters. The first-order valence-electron chi connectivity index (χ1n) is 8.78. The van der Waals surface area contributed by atoms with Gasteiger partial charge in [0.15, 0.2) is 0 Å². The van der Waals surface area contributed by atoms with E-state index in [1.165, 1.54) is 13.0 Å². The van der Waals surface area contributed by atoms with E-state index in [2.05, 4.69) is 21.1 Å². The molecule has 0 saturated heterocycles. The highest BCUT2D eigenvalue weighted by molar-refractivity contribution is 9.10. The molecule has 0 amide bonds. The number of hydrogen-bond acceptors (Lipinski definition) is 2. The van der Waals surface area contributed by atoms with Gasteiger partial charge >= 0.3 is 6.18 Å². The molecule has 0 fully saturated rings. The van der Waals surface area contributed by atoms with Gasteiger partial charge in [0.05, 0.1) is 5.56 Å². The number of benzene rings is 3. The molecule has 0 aliphatic heterocycles. The maximum absolute atomic E-state index is 13.4. The van der Waals surface area contributed by atoms with E-state index in [-0.39, 0.29) is 11.3 Å². The second-order valence-corrected chi connectivity index (χ2v) is 7.97. The van der Waals surface area contributed by atoms with Gasteiger partial charge in [-0.3, -0.25) is 0 Å². The highest BCUT2D eigenvalue weighted by atomic mass is 79.9. The molecule has 0 unspecified atom stereocenters. The molecule has 0 saturated carbocycles. The molecule has 3 aromatic carbocycles. The third-order valence-electron chi connectivity index (χ3n) is 4.73. The van der Waals surface area contributed by atoms with Crippen molar-refractivity contribution in [2.75, 3.05) is 0 Å². The molecule has 150 valence electrons. The molecular formula is C22H16BrClF3NO. The van der Waals surface area contributed by atoms with Crippen LogP contribution in [0.25, 0.3) is 11.1 Å². The summed E-state index contributed by atoms with van der Waals surface area (Å²) in [5, 5.41) is 3.72. The van der Waals surface area contributed by atoms with Crippen LogP contribution in [0.1, 0.15) is 22.3 Å². The van der Waals surface area contributed by atoms with Gasteiger partial charge in [-0.05, 0) is 87.4 Å². The van der Waals surface area contributed by atoms with Crippen LogP contribution in [-0.4, -0.2) is 0 Å². The molecule has 0 N–H and O–H groups in total. The number of aryl methyl sites for hydroxylation is 3. The SMILES string of the molecule is Cc1ccc(-c2c(CCc3ccc(Cl)cc3)ccc(Br)c2N=O)cc1C(F)(F)F. The lowest BCUT2D eigenvalue weighted by Gasteiger charge is -2.16. The maximum atomic E-state index is 13.4. The molecule has 7 heteroatoms. The molecule has 0 aliphatic carbocycles. The van der Waals surface area contributed by atoms with Crippen LogP contribution in [0.4, 0.5) is 18.9 Å². The molecule has 29 heavy (non-hydrogen) atoms. The van der Waals surface area contributed by atoms with E-state index in [9.17, 15) is 18.1 Å². The number of nitrogens with zero attached hydrogens (tertiary/aromatic N) is 1. The first-order chi connectivity index (χ1) is 13.7. The van der Waals surface area contributed by atoms with Crippen molar-refractivity contribution >= 4 is 33.2 Å². The summed E-state index contributed by atoms with van der Waals surface area (Å²) in [6, 6.07) is 14.9. The van der Waals surface area contributed by atoms with Gasteiger partial charge in [0.25, 0.3) is 0 Å². The summed E-state index contributed by atoms with van der Waals surface area (Å²) in [5.74, 6) is 0. The van der Waals surface area contributed by atoms with E-state index in [1.54, 1.807) is 30.3 Å². The molecule has 0 spiro atoms. The maximum Gasteiger partial charge on any atom is 0.416 e. The van der Waals surface area contributed by atoms with Crippen molar-refractivity contribution in [2.45, 2.75) is 25.9 Å². The molecule has 2 nitrogen and oxygen atoms in total. The van der Waals surface area contributed by atoms with Crippen LogP contribution in [0.5, 0.6) is 0 Å². The van der Waals surface area contributed by atoms with Crippen molar-refractivity contribution in [3.63, 3.8) is 0 Å². The first kappa shape index (κ1) is 21.5. The van der Waals surface area contributed by atoms with Crippen molar-refractivity contribution in [2.24, 2.45) is 5.18 Å². The number of alkyl halides is 3. The van der Waals surface area contributed by atoms with E-state index >= 15 is 0 Å². The minimum absolute atomic E-state index is 0.0931. The van der Waals surface area contributed by atoms with Crippen LogP contribution in [0.3, 0.4) is 0 Å². The second kappa shape index (κ2) is 8.67. The fraction of sp³-hybridized carbons (Fsp3) is 0.182. The highest BCUT2D eigenvalue weighted by Gasteiger charge is 2.33. The normalized spacial score (nSPS) is 11.5. The van der Waals surface area contributed by atoms with Crippen molar-refractivity contribution in [1.82, 2.24) is 0 Å². The molecule has 0 heterocycles. The van der Waals surface area contributed by atoms with Gasteiger partial charge in [-0.15, -0.1) is 4.91 Å². The zero-order valence-electron chi connectivity index (χ0n) is 15.4. The Hall–Kier alpha value is -2.18. The summed E-state index contributed by atoms with van der Waals surface area (Å²) in [6.45, 7) is 1.41. The largest absolute Gasteiger partial charge is 0.416 e. The molecule has 0 aliphatic rings. The van der Waals surface area contributed by atoms with Crippen molar-refractivity contribution in [3.05, 3.63) is 91.3 Å². The fourth-order valence-corrected chi connectivity index (χ4v) is 3.77. The van der Waals surface area contributed by atoms with E-state index in [1.807, 2.05) is 12.1 Å². The monoisotopic (exact) mass is 481 g/mol. The minimum Gasteiger partial charge on any atom is -0.166 e. The van der Waals surface area contributed by atoms with Gasteiger partial charge in [0.1, 0.15) is 5.69 Å². The fourth-order valence-electron chi connectivity index (χ4n) is 3.24. The Kier molecular flexibility index (Phi) is 6.44. The smallest absolute Gasteiger partial charge is 0.166 e. The van der Waals surface area contributed by atoms with Crippen LogP contribution in [0.2, 0.25) is 5.02 Å². The quantitative estimate of drug-likeness (QED) is 0.336. The number of hydrogen-bond donors (Lipinski definition) is 0. The van der Waals surface area contributed by atoms with Gasteiger partial charge < -0.3 is 0 Å². The predicted molar refractivity (Wildman–Crippen MR) is 114 cm³/mol. The Morgan fingerprint density at radius 1 is 1.00 bits per heavy atom. The zero-order valence-corrected chi connectivity index (χ0v) is 17.7. The van der Waals surface area contributed by atoms with Crippen LogP contribution in [0.15, 0.2) is 64.2 Å². The molecular weight excluding hydrogens is 467 g/mol. The molecule has 0 aromatic heterocycles. The number of rotatable bonds is 5. The summed E-state index contributed by atoms with van der Waals surface area (Å²) in [7, 11) is 0. The van der Waals surface area contributed by atoms with E-state index < -0.39 is 11.7 Å². The average molecular weight is 483 g/mol. The third kappa shape index (κ3) is 4.87. The van der Waals surface area contributed by atoms with Gasteiger partial charge in [-0.25, -0.2) is 0 Å². The molecule has 3 rings (SSSR count). The molecule has 0 radical (unpaired) electrons. The van der Waals surface area contributed by atoms with Gasteiger partial charge in [-0.1, -0.05) is 41.9 Å². The van der Waals surface area contributed by atoms with E-state index in [0.717, 1.165) is 17.2 Å². The summed E-state index contributed by atoms with van der Waals surface area (Å²) in [5.41, 5.74) is 1.99. The average Bonchev–Trinajstić information content (AvgIpc) is 2.67. The third-order valence-corrected chi connectivity index (χ3v) is 5.63. The minimum atomic E-state index is -4.48. The van der Waals surface area contributed by atoms with Gasteiger partial charge in [0.2, 0.25) is 0 Å². The van der Waals surface area contributed by atoms with Crippen LogP contribution >= 0.6 is 27.5 Å². The van der Waals surface area contributed by atoms with E-state index in [0.29, 0.717) is 33.5 Å². The lowest BCUT2D eigenvalue weighted by atomic mass is 9.91. The Labute approximate surface area is 179 Å². The lowest BCUT2D eigenvalue weighted by molar-refractivity contribution is -0.138. The van der Waals surface area contributed by atoms with Gasteiger partial charge in [-0.2, -0.15) is 13.2 Å². The van der Waals surface area contributed by atoms with Crippen LogP contribution in [0, 0.1) is 11.8 Å². The second-order valence-electron chi connectivity index (χ2n) is 6.68. The lowest BCUT2D eigenvalue weighted by Crippen LogP contribution is -2.07. The molecule has 0 bridgehead atoms. The summed E-state index contributed by atoms with van der Waals surface area (Å²) in [4.78, 5) is 11.5. The van der Waals surface area contributed by atoms with Crippen molar-refractivity contribution < 1.29 is 13.2 Å². The highest BCUT2D eigenvalue weighted by Crippen LogP contribution is 2.42. The number of nitroso groups, excluding NO2 is 1. The van der Waals surface area contributed by atoms with Crippen molar-refractivity contribution in [3.8, 4) is 11.1 Å². The van der Waals surface area contributed by atoms with Gasteiger partial charge in [0, 0.05) is 15.1 Å². The Bertz CT molecular complexity index is 1050. The summed E-state index contributed by atoms with van der Waals surface area (Å²) >= 11 is 9.20. The molecule has 3 aromatic rings. The van der Waals surface area contributed by atoms with Crippen LogP contribution in [-0.2, 0) is 19.0 Å². The first-order valence-corrected chi connectivity index (χ1v) is 9.95. The topological polar surface area (TPSA) is 29.4 Å². The summed E-state index contributed by atoms with van der Waals surface area (Å²) in [6.07, 6.45) is -3.31. The standard InChI is InChI=1S/C22H16BrClF3NO/c1-13-2-6-16(12-18(13)22(25,26)27)20-15(8-11-19(23)21(20)28-29)7-3-14-4-9-17(24)10-5-14/h2,4-6,8-12H,3,7H2,1H3. The number of halogens is 5. The van der Waals surface area contributed by atoms with E-state index in [4.69, 9.17) is 11.6 Å². The Balaban J connectivity index is 2.08. The van der Waals surface area contributed by atoms with Crippen LogP contribution < -0.4 is 0 Å². The summed E-state index contributed by atoms with van der Waals surface area (Å²) < 4.78 is 40.6. The Morgan fingerprint density at radius 2 is 1.69 bits per heavy atom. The zero-order chi connectivity index (χ0) is 21.2. The van der Waals surface area contributed by atoms with Crippen molar-refractivity contribution in [1.29, 1.82) is 0 Å².